The lowest BCUT2D eigenvalue weighted by atomic mass is 9.98. The van der Waals surface area contributed by atoms with Gasteiger partial charge in [0.2, 0.25) is 0 Å². The Morgan fingerprint density at radius 2 is 1.81 bits per heavy atom. The highest BCUT2D eigenvalue weighted by Gasteiger charge is 2.46. The molecule has 1 aromatic heterocycles. The van der Waals surface area contributed by atoms with Gasteiger partial charge in [-0.05, 0) is 56.3 Å². The number of hydrogen-bond donors (Lipinski definition) is 1. The van der Waals surface area contributed by atoms with E-state index in [4.69, 9.17) is 9.47 Å². The lowest BCUT2D eigenvalue weighted by Gasteiger charge is -2.26. The molecular formula is C24H25N3O5. The topological polar surface area (TPSA) is 92.2 Å². The van der Waals surface area contributed by atoms with Crippen LogP contribution in [0.5, 0.6) is 11.5 Å². The Morgan fingerprint density at radius 1 is 1.03 bits per heavy atom. The summed E-state index contributed by atoms with van der Waals surface area (Å²) in [5, 5.41) is 11.2. The molecule has 3 aliphatic rings. The van der Waals surface area contributed by atoms with Gasteiger partial charge in [0.1, 0.15) is 25.0 Å². The molecule has 1 aromatic carbocycles. The second kappa shape index (κ2) is 8.63. The number of hydrogen-bond acceptors (Lipinski definition) is 7. The summed E-state index contributed by atoms with van der Waals surface area (Å²) in [6.07, 6.45) is 3.92. The van der Waals surface area contributed by atoms with E-state index in [1.165, 1.54) is 4.90 Å². The van der Waals surface area contributed by atoms with Crippen LogP contribution in [0.2, 0.25) is 0 Å². The molecule has 2 aromatic rings. The monoisotopic (exact) mass is 435 g/mol. The number of likely N-dealkylation sites (tertiary alicyclic amines) is 2. The Balaban J connectivity index is 1.54. The average Bonchev–Trinajstić information content (AvgIpc) is 3.44. The van der Waals surface area contributed by atoms with Gasteiger partial charge in [-0.15, -0.1) is 0 Å². The number of amides is 1. The van der Waals surface area contributed by atoms with Crippen molar-refractivity contribution in [3.05, 3.63) is 59.4 Å². The van der Waals surface area contributed by atoms with E-state index in [1.54, 1.807) is 36.5 Å². The predicted molar refractivity (Wildman–Crippen MR) is 116 cm³/mol. The Hall–Kier alpha value is -3.39. The molecule has 0 spiro atoms. The third-order valence-electron chi connectivity index (χ3n) is 6.18. The fourth-order valence-corrected chi connectivity index (χ4v) is 4.56. The van der Waals surface area contributed by atoms with Crippen LogP contribution in [0, 0.1) is 0 Å². The number of aliphatic hydroxyl groups is 1. The molecule has 32 heavy (non-hydrogen) atoms. The Bertz CT molecular complexity index is 1060. The van der Waals surface area contributed by atoms with Crippen LogP contribution in [-0.4, -0.2) is 71.0 Å². The van der Waals surface area contributed by atoms with Crippen molar-refractivity contribution in [1.29, 1.82) is 0 Å². The van der Waals surface area contributed by atoms with Crippen LogP contribution < -0.4 is 9.47 Å². The molecule has 1 atom stereocenters. The first-order valence-electron chi connectivity index (χ1n) is 11.0. The molecule has 0 aliphatic carbocycles. The number of ether oxygens (including phenoxy) is 2. The zero-order chi connectivity index (χ0) is 22.1. The van der Waals surface area contributed by atoms with Crippen LogP contribution in [0.4, 0.5) is 0 Å². The number of carbonyl (C=O) groups is 2. The van der Waals surface area contributed by atoms with Crippen molar-refractivity contribution in [1.82, 2.24) is 14.8 Å². The molecule has 1 amide bonds. The largest absolute Gasteiger partial charge is 0.507 e. The molecule has 3 aliphatic heterocycles. The van der Waals surface area contributed by atoms with Crippen molar-refractivity contribution in [3.63, 3.8) is 0 Å². The van der Waals surface area contributed by atoms with E-state index >= 15 is 0 Å². The number of fused-ring (bicyclic) bond motifs is 1. The van der Waals surface area contributed by atoms with E-state index in [-0.39, 0.29) is 11.3 Å². The van der Waals surface area contributed by atoms with Crippen molar-refractivity contribution in [2.45, 2.75) is 18.9 Å². The normalized spacial score (nSPS) is 22.5. The van der Waals surface area contributed by atoms with Gasteiger partial charge < -0.3 is 24.4 Å². The van der Waals surface area contributed by atoms with Crippen LogP contribution in [0.25, 0.3) is 5.76 Å². The van der Waals surface area contributed by atoms with Gasteiger partial charge in [-0.2, -0.15) is 0 Å². The van der Waals surface area contributed by atoms with E-state index in [1.807, 2.05) is 6.07 Å². The molecular weight excluding hydrogens is 410 g/mol. The van der Waals surface area contributed by atoms with Gasteiger partial charge >= 0.3 is 0 Å². The molecule has 8 heteroatoms. The first-order chi connectivity index (χ1) is 15.6. The zero-order valence-corrected chi connectivity index (χ0v) is 17.7. The molecule has 1 N–H and O–H groups in total. The molecule has 4 heterocycles. The Kier molecular flexibility index (Phi) is 5.53. The maximum Gasteiger partial charge on any atom is 0.295 e. The van der Waals surface area contributed by atoms with E-state index in [9.17, 15) is 14.7 Å². The summed E-state index contributed by atoms with van der Waals surface area (Å²) in [5.41, 5.74) is 0.992. The van der Waals surface area contributed by atoms with Crippen molar-refractivity contribution in [2.75, 3.05) is 39.4 Å². The van der Waals surface area contributed by atoms with Crippen molar-refractivity contribution in [2.24, 2.45) is 0 Å². The Morgan fingerprint density at radius 3 is 2.56 bits per heavy atom. The fourth-order valence-electron chi connectivity index (χ4n) is 4.56. The highest BCUT2D eigenvalue weighted by atomic mass is 16.6. The highest BCUT2D eigenvalue weighted by molar-refractivity contribution is 6.46. The number of nitrogens with zero attached hydrogens (tertiary/aromatic N) is 3. The van der Waals surface area contributed by atoms with Crippen LogP contribution in [0.1, 0.15) is 30.1 Å². The van der Waals surface area contributed by atoms with Crippen molar-refractivity contribution in [3.8, 4) is 11.5 Å². The number of pyridine rings is 1. The van der Waals surface area contributed by atoms with E-state index in [0.717, 1.165) is 25.9 Å². The van der Waals surface area contributed by atoms with E-state index < -0.39 is 17.7 Å². The van der Waals surface area contributed by atoms with Gasteiger partial charge in [-0.25, -0.2) is 0 Å². The van der Waals surface area contributed by atoms with Gasteiger partial charge in [0.05, 0.1) is 11.3 Å². The molecule has 8 nitrogen and oxygen atoms in total. The molecule has 166 valence electrons. The summed E-state index contributed by atoms with van der Waals surface area (Å²) in [4.78, 5) is 34.3. The molecule has 5 rings (SSSR count). The molecule has 0 bridgehead atoms. The summed E-state index contributed by atoms with van der Waals surface area (Å²) in [5.74, 6) is -0.467. The van der Waals surface area contributed by atoms with Gasteiger partial charge in [0, 0.05) is 24.8 Å². The number of rotatable bonds is 5. The number of Topliss-reactive ketones (excluding diaryl/α,β-unsaturated/α-hetero) is 1. The standard InChI is InChI=1S/C24H25N3O5/c28-22(16-6-7-18-19(15-16)32-14-13-31-18)20-21(17-5-1-2-8-25-17)27(24(30)23(20)29)12-11-26-9-3-4-10-26/h1-2,5-8,15,21,28H,3-4,9-14H2/b22-20+. The van der Waals surface area contributed by atoms with Gasteiger partial charge in [0.25, 0.3) is 11.7 Å². The predicted octanol–water partition coefficient (Wildman–Crippen LogP) is 2.37. The van der Waals surface area contributed by atoms with Crippen LogP contribution >= 0.6 is 0 Å². The second-order valence-electron chi connectivity index (χ2n) is 8.15. The van der Waals surface area contributed by atoms with Crippen LogP contribution in [-0.2, 0) is 9.59 Å². The summed E-state index contributed by atoms with van der Waals surface area (Å²) in [6, 6.07) is 9.62. The van der Waals surface area contributed by atoms with Crippen LogP contribution in [0.3, 0.4) is 0 Å². The van der Waals surface area contributed by atoms with Gasteiger partial charge in [-0.3, -0.25) is 14.6 Å². The molecule has 0 radical (unpaired) electrons. The fraction of sp³-hybridized carbons (Fsp3) is 0.375. The van der Waals surface area contributed by atoms with Crippen molar-refractivity contribution < 1.29 is 24.2 Å². The maximum absolute atomic E-state index is 13.1. The lowest BCUT2D eigenvalue weighted by Crippen LogP contribution is -2.37. The first-order valence-corrected chi connectivity index (χ1v) is 11.0. The third kappa shape index (κ3) is 3.71. The Labute approximate surface area is 186 Å². The number of aliphatic hydroxyl groups excluding tert-OH is 1. The summed E-state index contributed by atoms with van der Waals surface area (Å²) < 4.78 is 11.2. The molecule has 2 saturated heterocycles. The smallest absolute Gasteiger partial charge is 0.295 e. The van der Waals surface area contributed by atoms with Gasteiger partial charge in [0.15, 0.2) is 11.5 Å². The minimum atomic E-state index is -0.744. The first kappa shape index (κ1) is 20.5. The van der Waals surface area contributed by atoms with E-state index in [0.29, 0.717) is 49.1 Å². The minimum Gasteiger partial charge on any atom is -0.507 e. The third-order valence-corrected chi connectivity index (χ3v) is 6.18. The van der Waals surface area contributed by atoms with Gasteiger partial charge in [-0.1, -0.05) is 6.07 Å². The van der Waals surface area contributed by atoms with Crippen molar-refractivity contribution >= 4 is 17.4 Å². The number of benzene rings is 1. The van der Waals surface area contributed by atoms with Crippen LogP contribution in [0.15, 0.2) is 48.2 Å². The molecule has 1 unspecified atom stereocenters. The maximum atomic E-state index is 13.1. The highest BCUT2D eigenvalue weighted by Crippen LogP contribution is 2.40. The number of aromatic nitrogens is 1. The van der Waals surface area contributed by atoms with E-state index in [2.05, 4.69) is 9.88 Å². The minimum absolute atomic E-state index is 0.0480. The quantitative estimate of drug-likeness (QED) is 0.438. The average molecular weight is 435 g/mol. The zero-order valence-electron chi connectivity index (χ0n) is 17.7. The summed E-state index contributed by atoms with van der Waals surface area (Å²) in [6.45, 7) is 3.93. The number of carbonyl (C=O) groups excluding carboxylic acids is 2. The SMILES string of the molecule is O=C1C(=O)N(CCN2CCCC2)C(c2ccccn2)/C1=C(\O)c1ccc2c(c1)OCCO2. The second-order valence-corrected chi connectivity index (χ2v) is 8.15. The molecule has 2 fully saturated rings. The summed E-state index contributed by atoms with van der Waals surface area (Å²) in [7, 11) is 0. The summed E-state index contributed by atoms with van der Waals surface area (Å²) >= 11 is 0. The molecule has 0 saturated carbocycles. The number of ketones is 1. The lowest BCUT2D eigenvalue weighted by molar-refractivity contribution is -0.140.